The first-order valence-corrected chi connectivity index (χ1v) is 7.17. The smallest absolute Gasteiger partial charge is 0.251 e. The van der Waals surface area contributed by atoms with Gasteiger partial charge in [0.15, 0.2) is 0 Å². The van der Waals surface area contributed by atoms with Crippen molar-refractivity contribution in [3.8, 4) is 0 Å². The molecule has 0 spiro atoms. The predicted molar refractivity (Wildman–Crippen MR) is 82.1 cm³/mol. The lowest BCUT2D eigenvalue weighted by molar-refractivity contribution is -0.122. The molecule has 0 saturated heterocycles. The van der Waals surface area contributed by atoms with Gasteiger partial charge in [0.2, 0.25) is 5.91 Å². The van der Waals surface area contributed by atoms with Crippen LogP contribution in [-0.4, -0.2) is 35.6 Å². The molecule has 0 aromatic heterocycles. The Bertz CT molecular complexity index is 485. The van der Waals surface area contributed by atoms with E-state index in [0.29, 0.717) is 18.4 Å². The standard InChI is InChI=1S/C16H24N2O3/c1-4-16(3,9-10-19)18-14(20)11-17-15(21)13-7-5-12(2)6-8-13/h5-8,19H,4,9-11H2,1-3H3,(H,17,21)(H,18,20). The molecule has 21 heavy (non-hydrogen) atoms. The predicted octanol–water partition coefficient (Wildman–Crippen LogP) is 1.39. The lowest BCUT2D eigenvalue weighted by Gasteiger charge is -2.29. The molecular formula is C16H24N2O3. The second-order valence-electron chi connectivity index (χ2n) is 5.48. The number of nitrogens with one attached hydrogen (secondary N) is 2. The van der Waals surface area contributed by atoms with E-state index in [0.717, 1.165) is 5.56 Å². The van der Waals surface area contributed by atoms with Crippen LogP contribution in [0.4, 0.5) is 0 Å². The maximum absolute atomic E-state index is 11.9. The van der Waals surface area contributed by atoms with Gasteiger partial charge in [-0.15, -0.1) is 0 Å². The summed E-state index contributed by atoms with van der Waals surface area (Å²) >= 11 is 0. The summed E-state index contributed by atoms with van der Waals surface area (Å²) in [4.78, 5) is 23.8. The van der Waals surface area contributed by atoms with Crippen molar-refractivity contribution in [2.24, 2.45) is 0 Å². The van der Waals surface area contributed by atoms with E-state index in [9.17, 15) is 9.59 Å². The third kappa shape index (κ3) is 5.55. The maximum Gasteiger partial charge on any atom is 0.251 e. The molecule has 1 aromatic rings. The Hall–Kier alpha value is -1.88. The Morgan fingerprint density at radius 2 is 1.86 bits per heavy atom. The fourth-order valence-corrected chi connectivity index (χ4v) is 1.92. The molecule has 0 bridgehead atoms. The molecule has 1 atom stereocenters. The van der Waals surface area contributed by atoms with Crippen LogP contribution in [0.3, 0.4) is 0 Å². The van der Waals surface area contributed by atoms with Gasteiger partial charge in [-0.3, -0.25) is 9.59 Å². The molecule has 0 aliphatic rings. The van der Waals surface area contributed by atoms with Crippen molar-refractivity contribution < 1.29 is 14.7 Å². The van der Waals surface area contributed by atoms with Crippen molar-refractivity contribution in [2.75, 3.05) is 13.2 Å². The minimum absolute atomic E-state index is 0.0142. The fraction of sp³-hybridized carbons (Fsp3) is 0.500. The molecule has 0 aliphatic heterocycles. The minimum atomic E-state index is -0.444. The zero-order valence-electron chi connectivity index (χ0n) is 12.9. The second-order valence-corrected chi connectivity index (χ2v) is 5.48. The van der Waals surface area contributed by atoms with Crippen molar-refractivity contribution >= 4 is 11.8 Å². The summed E-state index contributed by atoms with van der Waals surface area (Å²) in [7, 11) is 0. The molecule has 0 aliphatic carbocycles. The van der Waals surface area contributed by atoms with Crippen molar-refractivity contribution in [2.45, 2.75) is 39.2 Å². The number of carbonyl (C=O) groups is 2. The van der Waals surface area contributed by atoms with Crippen LogP contribution in [0.2, 0.25) is 0 Å². The highest BCUT2D eigenvalue weighted by atomic mass is 16.3. The lowest BCUT2D eigenvalue weighted by Crippen LogP contribution is -2.49. The zero-order valence-corrected chi connectivity index (χ0v) is 12.9. The lowest BCUT2D eigenvalue weighted by atomic mass is 9.95. The van der Waals surface area contributed by atoms with E-state index in [4.69, 9.17) is 5.11 Å². The van der Waals surface area contributed by atoms with E-state index in [1.54, 1.807) is 12.1 Å². The Morgan fingerprint density at radius 3 is 2.38 bits per heavy atom. The van der Waals surface area contributed by atoms with Crippen LogP contribution in [0.1, 0.15) is 42.6 Å². The molecule has 5 nitrogen and oxygen atoms in total. The van der Waals surface area contributed by atoms with Crippen LogP contribution >= 0.6 is 0 Å². The molecule has 0 radical (unpaired) electrons. The third-order valence-corrected chi connectivity index (χ3v) is 3.61. The van der Waals surface area contributed by atoms with Crippen LogP contribution in [0, 0.1) is 6.92 Å². The monoisotopic (exact) mass is 292 g/mol. The molecule has 3 N–H and O–H groups in total. The second kappa shape index (κ2) is 7.78. The quantitative estimate of drug-likeness (QED) is 0.710. The molecule has 5 heteroatoms. The highest BCUT2D eigenvalue weighted by molar-refractivity contribution is 5.96. The molecule has 2 amide bonds. The summed E-state index contributed by atoms with van der Waals surface area (Å²) in [5, 5.41) is 14.5. The maximum atomic E-state index is 11.9. The molecule has 116 valence electrons. The molecule has 1 unspecified atom stereocenters. The molecule has 1 rings (SSSR count). The summed E-state index contributed by atoms with van der Waals surface area (Å²) in [6, 6.07) is 7.16. The summed E-state index contributed by atoms with van der Waals surface area (Å²) < 4.78 is 0. The molecule has 0 saturated carbocycles. The largest absolute Gasteiger partial charge is 0.396 e. The van der Waals surface area contributed by atoms with Crippen molar-refractivity contribution in [1.82, 2.24) is 10.6 Å². The van der Waals surface area contributed by atoms with Gasteiger partial charge in [-0.1, -0.05) is 24.6 Å². The highest BCUT2D eigenvalue weighted by Crippen LogP contribution is 2.13. The fourth-order valence-electron chi connectivity index (χ4n) is 1.92. The molecule has 0 heterocycles. The van der Waals surface area contributed by atoms with Crippen molar-refractivity contribution in [1.29, 1.82) is 0 Å². The first-order chi connectivity index (χ1) is 9.90. The average molecular weight is 292 g/mol. The van der Waals surface area contributed by atoms with E-state index in [-0.39, 0.29) is 25.0 Å². The van der Waals surface area contributed by atoms with E-state index in [1.807, 2.05) is 32.9 Å². The number of rotatable bonds is 7. The van der Waals surface area contributed by atoms with Gasteiger partial charge in [-0.05, 0) is 38.8 Å². The summed E-state index contributed by atoms with van der Waals surface area (Å²) in [5.41, 5.74) is 1.16. The number of amides is 2. The van der Waals surface area contributed by atoms with E-state index in [2.05, 4.69) is 10.6 Å². The summed E-state index contributed by atoms with van der Waals surface area (Å²) in [6.07, 6.45) is 1.20. The number of carbonyl (C=O) groups excluding carboxylic acids is 2. The van der Waals surface area contributed by atoms with Crippen LogP contribution in [0.15, 0.2) is 24.3 Å². The van der Waals surface area contributed by atoms with Gasteiger partial charge < -0.3 is 15.7 Å². The average Bonchev–Trinajstić information content (AvgIpc) is 2.45. The van der Waals surface area contributed by atoms with Gasteiger partial charge in [0, 0.05) is 17.7 Å². The normalized spacial score (nSPS) is 13.3. The Balaban J connectivity index is 2.49. The van der Waals surface area contributed by atoms with Crippen LogP contribution in [0.25, 0.3) is 0 Å². The van der Waals surface area contributed by atoms with E-state index < -0.39 is 5.54 Å². The molecule has 1 aromatic carbocycles. The first kappa shape index (κ1) is 17.2. The first-order valence-electron chi connectivity index (χ1n) is 7.17. The number of hydrogen-bond acceptors (Lipinski definition) is 3. The SMILES string of the molecule is CCC(C)(CCO)NC(=O)CNC(=O)c1ccc(C)cc1. The van der Waals surface area contributed by atoms with Crippen molar-refractivity contribution in [3.63, 3.8) is 0 Å². The Labute approximate surface area is 125 Å². The number of aliphatic hydroxyl groups is 1. The highest BCUT2D eigenvalue weighted by Gasteiger charge is 2.23. The van der Waals surface area contributed by atoms with Crippen molar-refractivity contribution in [3.05, 3.63) is 35.4 Å². The van der Waals surface area contributed by atoms with Gasteiger partial charge in [0.25, 0.3) is 5.91 Å². The number of aryl methyl sites for hydroxylation is 1. The number of hydrogen-bond donors (Lipinski definition) is 3. The summed E-state index contributed by atoms with van der Waals surface area (Å²) in [5.74, 6) is -0.529. The van der Waals surface area contributed by atoms with E-state index >= 15 is 0 Å². The Morgan fingerprint density at radius 1 is 1.24 bits per heavy atom. The van der Waals surface area contributed by atoms with Crippen LogP contribution in [0.5, 0.6) is 0 Å². The Kier molecular flexibility index (Phi) is 6.37. The van der Waals surface area contributed by atoms with Gasteiger partial charge in [-0.25, -0.2) is 0 Å². The molecule has 0 fully saturated rings. The van der Waals surface area contributed by atoms with Gasteiger partial charge in [-0.2, -0.15) is 0 Å². The van der Waals surface area contributed by atoms with Crippen LogP contribution < -0.4 is 10.6 Å². The van der Waals surface area contributed by atoms with Gasteiger partial charge in [0.1, 0.15) is 0 Å². The number of benzene rings is 1. The minimum Gasteiger partial charge on any atom is -0.396 e. The van der Waals surface area contributed by atoms with Gasteiger partial charge in [0.05, 0.1) is 6.54 Å². The number of aliphatic hydroxyl groups excluding tert-OH is 1. The molecular weight excluding hydrogens is 268 g/mol. The van der Waals surface area contributed by atoms with E-state index in [1.165, 1.54) is 0 Å². The van der Waals surface area contributed by atoms with Crippen LogP contribution in [-0.2, 0) is 4.79 Å². The summed E-state index contributed by atoms with van der Waals surface area (Å²) in [6.45, 7) is 5.71. The third-order valence-electron chi connectivity index (χ3n) is 3.61. The van der Waals surface area contributed by atoms with Gasteiger partial charge >= 0.3 is 0 Å². The zero-order chi connectivity index (χ0) is 15.9. The topological polar surface area (TPSA) is 78.4 Å².